The molecule has 1 saturated carbocycles. The lowest BCUT2D eigenvalue weighted by molar-refractivity contribution is 0.197. The highest BCUT2D eigenvalue weighted by Crippen LogP contribution is 2.40. The number of nitrogens with zero attached hydrogens (tertiary/aromatic N) is 5. The van der Waals surface area contributed by atoms with Gasteiger partial charge in [-0.05, 0) is 32.2 Å². The molecule has 3 heterocycles. The van der Waals surface area contributed by atoms with Crippen molar-refractivity contribution in [2.45, 2.75) is 50.6 Å². The summed E-state index contributed by atoms with van der Waals surface area (Å²) >= 11 is 0. The maximum Gasteiger partial charge on any atom is 0.240 e. The molecule has 0 N–H and O–H groups in total. The molecule has 124 valence electrons. The lowest BCUT2D eigenvalue weighted by atomic mass is 10.2. The maximum atomic E-state index is 5.39. The van der Waals surface area contributed by atoms with Crippen molar-refractivity contribution in [3.05, 3.63) is 23.4 Å². The summed E-state index contributed by atoms with van der Waals surface area (Å²) in [5, 5.41) is 8.17. The molecule has 2 fully saturated rings. The first-order chi connectivity index (χ1) is 11.3. The third-order valence-corrected chi connectivity index (χ3v) is 4.42. The lowest BCUT2D eigenvalue weighted by Crippen LogP contribution is -2.23. The van der Waals surface area contributed by atoms with Gasteiger partial charge in [0.05, 0.1) is 19.2 Å². The van der Waals surface area contributed by atoms with Gasteiger partial charge in [-0.25, -0.2) is 0 Å². The number of aromatic nitrogens is 4. The van der Waals surface area contributed by atoms with Gasteiger partial charge in [-0.15, -0.1) is 0 Å². The lowest BCUT2D eigenvalue weighted by Gasteiger charge is -2.19. The van der Waals surface area contributed by atoms with Gasteiger partial charge in [0.15, 0.2) is 11.6 Å². The monoisotopic (exact) mass is 319 g/mol. The predicted octanol–water partition coefficient (Wildman–Crippen LogP) is 1.86. The molecular weight excluding hydrogens is 298 g/mol. The first-order valence-corrected chi connectivity index (χ1v) is 8.21. The fourth-order valence-corrected chi connectivity index (χ4v) is 3.01. The van der Waals surface area contributed by atoms with E-state index in [0.29, 0.717) is 37.2 Å². The van der Waals surface area contributed by atoms with E-state index in [1.807, 2.05) is 0 Å². The highest BCUT2D eigenvalue weighted by Gasteiger charge is 2.34. The Balaban J connectivity index is 1.41. The zero-order valence-electron chi connectivity index (χ0n) is 13.3. The van der Waals surface area contributed by atoms with Crippen LogP contribution in [0.5, 0.6) is 0 Å². The van der Waals surface area contributed by atoms with Gasteiger partial charge in [0, 0.05) is 19.4 Å². The van der Waals surface area contributed by atoms with Gasteiger partial charge in [0.25, 0.3) is 0 Å². The van der Waals surface area contributed by atoms with Gasteiger partial charge in [-0.1, -0.05) is 10.3 Å². The van der Waals surface area contributed by atoms with Crippen LogP contribution in [0.25, 0.3) is 0 Å². The van der Waals surface area contributed by atoms with Gasteiger partial charge >= 0.3 is 0 Å². The Bertz CT molecular complexity index is 651. The number of hydrogen-bond acceptors (Lipinski definition) is 8. The van der Waals surface area contributed by atoms with Gasteiger partial charge < -0.3 is 13.8 Å². The molecule has 23 heavy (non-hydrogen) atoms. The van der Waals surface area contributed by atoms with Crippen LogP contribution < -0.4 is 0 Å². The molecule has 8 nitrogen and oxygen atoms in total. The van der Waals surface area contributed by atoms with Crippen LogP contribution in [0.1, 0.15) is 61.1 Å². The van der Waals surface area contributed by atoms with Crippen molar-refractivity contribution in [1.29, 1.82) is 0 Å². The molecule has 2 aliphatic rings. The molecule has 0 unspecified atom stereocenters. The molecule has 1 aliphatic carbocycles. The summed E-state index contributed by atoms with van der Waals surface area (Å²) in [6, 6.07) is 0.181. The summed E-state index contributed by atoms with van der Waals surface area (Å²) in [6.45, 7) is 2.20. The van der Waals surface area contributed by atoms with Crippen LogP contribution in [-0.4, -0.2) is 45.4 Å². The van der Waals surface area contributed by atoms with E-state index in [1.54, 1.807) is 7.11 Å². The van der Waals surface area contributed by atoms with Crippen molar-refractivity contribution in [3.63, 3.8) is 0 Å². The highest BCUT2D eigenvalue weighted by molar-refractivity contribution is 5.05. The number of methoxy groups -OCH3 is 1. The third kappa shape index (κ3) is 3.28. The van der Waals surface area contributed by atoms with Crippen molar-refractivity contribution in [2.24, 2.45) is 0 Å². The fraction of sp³-hybridized carbons (Fsp3) is 0.733. The van der Waals surface area contributed by atoms with Crippen molar-refractivity contribution in [3.8, 4) is 0 Å². The Kier molecular flexibility index (Phi) is 4.09. The molecule has 0 amide bonds. The average molecular weight is 319 g/mol. The molecule has 1 atom stereocenters. The quantitative estimate of drug-likeness (QED) is 0.764. The standard InChI is InChI=1S/C15H21N5O3/c1-21-8-6-12-16-13(22-18-12)9-20-7-2-3-11(20)14-17-15(23-19-14)10-4-5-10/h10-11H,2-9H2,1H3/t11-/m0/s1. The minimum atomic E-state index is 0.181. The maximum absolute atomic E-state index is 5.39. The average Bonchev–Trinajstić information content (AvgIpc) is 2.98. The molecule has 0 bridgehead atoms. The number of hydrogen-bond donors (Lipinski definition) is 0. The van der Waals surface area contributed by atoms with E-state index in [0.717, 1.165) is 31.1 Å². The zero-order chi connectivity index (χ0) is 15.6. The van der Waals surface area contributed by atoms with Crippen LogP contribution >= 0.6 is 0 Å². The second kappa shape index (κ2) is 6.37. The van der Waals surface area contributed by atoms with E-state index < -0.39 is 0 Å². The van der Waals surface area contributed by atoms with E-state index in [4.69, 9.17) is 13.8 Å². The van der Waals surface area contributed by atoms with E-state index in [1.165, 1.54) is 12.8 Å². The summed E-state index contributed by atoms with van der Waals surface area (Å²) in [5.74, 6) is 3.41. The topological polar surface area (TPSA) is 90.3 Å². The van der Waals surface area contributed by atoms with Gasteiger partial charge in [0.1, 0.15) is 0 Å². The Morgan fingerprint density at radius 2 is 2.09 bits per heavy atom. The smallest absolute Gasteiger partial charge is 0.240 e. The Morgan fingerprint density at radius 3 is 2.91 bits per heavy atom. The molecule has 1 saturated heterocycles. The van der Waals surface area contributed by atoms with Crippen LogP contribution in [0.3, 0.4) is 0 Å². The van der Waals surface area contributed by atoms with Crippen molar-refractivity contribution < 1.29 is 13.8 Å². The van der Waals surface area contributed by atoms with Crippen LogP contribution in [0.15, 0.2) is 9.05 Å². The van der Waals surface area contributed by atoms with E-state index in [-0.39, 0.29) is 6.04 Å². The molecule has 0 spiro atoms. The summed E-state index contributed by atoms with van der Waals surface area (Å²) in [4.78, 5) is 11.3. The van der Waals surface area contributed by atoms with Crippen LogP contribution in [-0.2, 0) is 17.7 Å². The Hall–Kier alpha value is -1.80. The molecule has 8 heteroatoms. The Morgan fingerprint density at radius 1 is 1.17 bits per heavy atom. The largest absolute Gasteiger partial charge is 0.384 e. The summed E-state index contributed by atoms with van der Waals surface area (Å²) in [7, 11) is 1.66. The highest BCUT2D eigenvalue weighted by atomic mass is 16.5. The first kappa shape index (κ1) is 14.8. The summed E-state index contributed by atoms with van der Waals surface area (Å²) in [5.41, 5.74) is 0. The van der Waals surface area contributed by atoms with Crippen molar-refractivity contribution >= 4 is 0 Å². The minimum absolute atomic E-state index is 0.181. The molecular formula is C15H21N5O3. The van der Waals surface area contributed by atoms with Crippen LogP contribution in [0.2, 0.25) is 0 Å². The fourth-order valence-electron chi connectivity index (χ4n) is 3.01. The number of ether oxygens (including phenoxy) is 1. The van der Waals surface area contributed by atoms with Crippen LogP contribution in [0.4, 0.5) is 0 Å². The first-order valence-electron chi connectivity index (χ1n) is 8.21. The van der Waals surface area contributed by atoms with Crippen molar-refractivity contribution in [2.75, 3.05) is 20.3 Å². The zero-order valence-corrected chi connectivity index (χ0v) is 13.3. The second-order valence-corrected chi connectivity index (χ2v) is 6.24. The van der Waals surface area contributed by atoms with E-state index >= 15 is 0 Å². The molecule has 0 radical (unpaired) electrons. The van der Waals surface area contributed by atoms with Crippen LogP contribution in [0, 0.1) is 0 Å². The molecule has 1 aliphatic heterocycles. The SMILES string of the molecule is COCCc1noc(CN2CCC[C@H]2c2noc(C3CC3)n2)n1. The van der Waals surface area contributed by atoms with E-state index in [2.05, 4.69) is 25.2 Å². The molecule has 0 aromatic carbocycles. The van der Waals surface area contributed by atoms with Gasteiger partial charge in [0.2, 0.25) is 11.8 Å². The predicted molar refractivity (Wildman–Crippen MR) is 78.5 cm³/mol. The number of likely N-dealkylation sites (tertiary alicyclic amines) is 1. The van der Waals surface area contributed by atoms with Gasteiger partial charge in [-0.2, -0.15) is 9.97 Å². The second-order valence-electron chi connectivity index (χ2n) is 6.24. The van der Waals surface area contributed by atoms with E-state index in [9.17, 15) is 0 Å². The minimum Gasteiger partial charge on any atom is -0.384 e. The van der Waals surface area contributed by atoms with Gasteiger partial charge in [-0.3, -0.25) is 4.90 Å². The molecule has 4 rings (SSSR count). The number of rotatable bonds is 7. The molecule has 2 aromatic rings. The third-order valence-electron chi connectivity index (χ3n) is 4.42. The van der Waals surface area contributed by atoms with Crippen molar-refractivity contribution in [1.82, 2.24) is 25.2 Å². The summed E-state index contributed by atoms with van der Waals surface area (Å²) < 4.78 is 15.8. The summed E-state index contributed by atoms with van der Waals surface area (Å²) in [6.07, 6.45) is 5.15. The normalized spacial score (nSPS) is 22.0. The molecule has 2 aromatic heterocycles. The Labute approximate surface area is 134 Å².